The van der Waals surface area contributed by atoms with Crippen LogP contribution in [-0.4, -0.2) is 75.2 Å². The van der Waals surface area contributed by atoms with Crippen molar-refractivity contribution in [1.29, 1.82) is 0 Å². The molecule has 0 aromatic rings. The minimum atomic E-state index is 0.134. The fraction of sp³-hybridized carbons (Fsp3) is 0.800. The van der Waals surface area contributed by atoms with Crippen molar-refractivity contribution < 1.29 is 9.53 Å². The predicted octanol–water partition coefficient (Wildman–Crippen LogP) is -0.220. The van der Waals surface area contributed by atoms with E-state index in [0.29, 0.717) is 6.54 Å². The summed E-state index contributed by atoms with van der Waals surface area (Å²) in [5, 5.41) is 2.93. The molecule has 0 bridgehead atoms. The molecule has 2 aliphatic rings. The lowest BCUT2D eigenvalue weighted by Crippen LogP contribution is -2.41. The first kappa shape index (κ1) is 15.3. The van der Waals surface area contributed by atoms with Crippen LogP contribution < -0.4 is 5.32 Å². The number of amides is 1. The molecule has 2 saturated heterocycles. The third-order valence-corrected chi connectivity index (χ3v) is 3.88. The molecular weight excluding hydrogens is 254 g/mol. The van der Waals surface area contributed by atoms with Crippen molar-refractivity contribution in [3.63, 3.8) is 0 Å². The van der Waals surface area contributed by atoms with E-state index in [9.17, 15) is 4.79 Å². The van der Waals surface area contributed by atoms with E-state index in [2.05, 4.69) is 34.0 Å². The van der Waals surface area contributed by atoms with E-state index in [1.54, 1.807) is 0 Å². The van der Waals surface area contributed by atoms with Crippen LogP contribution in [0.25, 0.3) is 0 Å². The average molecular weight is 279 g/mol. The number of carbonyl (C=O) groups is 1. The highest BCUT2D eigenvalue weighted by atomic mass is 16.5. The van der Waals surface area contributed by atoms with Gasteiger partial charge in [0, 0.05) is 19.6 Å². The topological polar surface area (TPSA) is 44.8 Å². The lowest BCUT2D eigenvalue weighted by molar-refractivity contribution is -0.126. The molecule has 0 saturated carbocycles. The van der Waals surface area contributed by atoms with Gasteiger partial charge in [0.2, 0.25) is 5.91 Å². The Hall–Kier alpha value is -1.09. The van der Waals surface area contributed by atoms with Crippen LogP contribution in [0.4, 0.5) is 0 Å². The largest absolute Gasteiger partial charge is 0.379 e. The third-order valence-electron chi connectivity index (χ3n) is 3.88. The SMILES string of the molecule is CN1CCC[C@H](C(=O)NCC#CCN2CCOCC2)C1. The first-order chi connectivity index (χ1) is 9.75. The summed E-state index contributed by atoms with van der Waals surface area (Å²) in [7, 11) is 2.07. The van der Waals surface area contributed by atoms with Crippen LogP contribution in [0.1, 0.15) is 12.8 Å². The molecule has 5 heteroatoms. The number of hydrogen-bond donors (Lipinski definition) is 1. The van der Waals surface area contributed by atoms with Crippen LogP contribution in [0.2, 0.25) is 0 Å². The molecular formula is C15H25N3O2. The van der Waals surface area contributed by atoms with Crippen LogP contribution >= 0.6 is 0 Å². The number of hydrogen-bond acceptors (Lipinski definition) is 4. The second-order valence-electron chi connectivity index (χ2n) is 5.56. The van der Waals surface area contributed by atoms with Crippen LogP contribution in [0.3, 0.4) is 0 Å². The Balaban J connectivity index is 1.61. The molecule has 5 nitrogen and oxygen atoms in total. The highest BCUT2D eigenvalue weighted by molar-refractivity contribution is 5.79. The Labute approximate surface area is 121 Å². The summed E-state index contributed by atoms with van der Waals surface area (Å²) >= 11 is 0. The van der Waals surface area contributed by atoms with Gasteiger partial charge >= 0.3 is 0 Å². The van der Waals surface area contributed by atoms with Gasteiger partial charge in [-0.25, -0.2) is 0 Å². The third kappa shape index (κ3) is 5.12. The molecule has 2 rings (SSSR count). The van der Waals surface area contributed by atoms with Crippen molar-refractivity contribution in [3.05, 3.63) is 0 Å². The molecule has 1 amide bonds. The number of ether oxygens (including phenoxy) is 1. The van der Waals surface area contributed by atoms with Crippen LogP contribution in [-0.2, 0) is 9.53 Å². The molecule has 0 radical (unpaired) electrons. The van der Waals surface area contributed by atoms with Gasteiger partial charge in [0.1, 0.15) is 0 Å². The van der Waals surface area contributed by atoms with E-state index < -0.39 is 0 Å². The Bertz CT molecular complexity index is 369. The van der Waals surface area contributed by atoms with E-state index >= 15 is 0 Å². The van der Waals surface area contributed by atoms with Gasteiger partial charge in [-0.2, -0.15) is 0 Å². The summed E-state index contributed by atoms with van der Waals surface area (Å²) in [5.74, 6) is 6.44. The molecule has 0 spiro atoms. The molecule has 20 heavy (non-hydrogen) atoms. The number of rotatable bonds is 3. The van der Waals surface area contributed by atoms with Gasteiger partial charge < -0.3 is 15.0 Å². The first-order valence-corrected chi connectivity index (χ1v) is 7.48. The minimum absolute atomic E-state index is 0.134. The zero-order valence-electron chi connectivity index (χ0n) is 12.4. The van der Waals surface area contributed by atoms with E-state index in [1.807, 2.05) is 0 Å². The number of likely N-dealkylation sites (tertiary alicyclic amines) is 1. The normalized spacial score (nSPS) is 24.8. The summed E-state index contributed by atoms with van der Waals surface area (Å²) < 4.78 is 5.28. The Morgan fingerprint density at radius 1 is 1.30 bits per heavy atom. The second kappa shape index (κ2) is 8.25. The number of piperidine rings is 1. The summed E-state index contributed by atoms with van der Waals surface area (Å²) in [6.07, 6.45) is 2.11. The average Bonchev–Trinajstić information content (AvgIpc) is 2.48. The molecule has 0 aliphatic carbocycles. The van der Waals surface area contributed by atoms with Crippen molar-refractivity contribution in [2.75, 3.05) is 59.5 Å². The Morgan fingerprint density at radius 3 is 2.85 bits per heavy atom. The van der Waals surface area contributed by atoms with E-state index in [4.69, 9.17) is 4.74 Å². The standard InChI is InChI=1S/C15H25N3O2/c1-17-7-4-5-14(13-17)15(19)16-6-2-3-8-18-9-11-20-12-10-18/h14H,4-13H2,1H3,(H,16,19)/t14-/m0/s1. The second-order valence-corrected chi connectivity index (χ2v) is 5.56. The number of morpholine rings is 1. The van der Waals surface area contributed by atoms with Gasteiger partial charge in [-0.15, -0.1) is 0 Å². The monoisotopic (exact) mass is 279 g/mol. The zero-order chi connectivity index (χ0) is 14.2. The van der Waals surface area contributed by atoms with Gasteiger partial charge in [0.05, 0.1) is 32.2 Å². The zero-order valence-corrected chi connectivity index (χ0v) is 12.4. The van der Waals surface area contributed by atoms with Crippen molar-refractivity contribution in [2.24, 2.45) is 5.92 Å². The highest BCUT2D eigenvalue weighted by Crippen LogP contribution is 2.14. The van der Waals surface area contributed by atoms with Gasteiger partial charge in [-0.05, 0) is 26.4 Å². The van der Waals surface area contributed by atoms with E-state index in [1.165, 1.54) is 0 Å². The number of nitrogens with one attached hydrogen (secondary N) is 1. The molecule has 112 valence electrons. The van der Waals surface area contributed by atoms with Gasteiger partial charge in [-0.3, -0.25) is 9.69 Å². The van der Waals surface area contributed by atoms with Gasteiger partial charge in [0.25, 0.3) is 0 Å². The molecule has 0 aromatic heterocycles. The fourth-order valence-corrected chi connectivity index (χ4v) is 2.65. The Kier molecular flexibility index (Phi) is 6.31. The molecule has 2 heterocycles. The van der Waals surface area contributed by atoms with E-state index in [0.717, 1.165) is 58.8 Å². The van der Waals surface area contributed by atoms with Crippen LogP contribution in [0, 0.1) is 17.8 Å². The van der Waals surface area contributed by atoms with Crippen molar-refractivity contribution >= 4 is 5.91 Å². The molecule has 1 N–H and O–H groups in total. The molecule has 0 aromatic carbocycles. The lowest BCUT2D eigenvalue weighted by atomic mass is 9.98. The highest BCUT2D eigenvalue weighted by Gasteiger charge is 2.23. The summed E-state index contributed by atoms with van der Waals surface area (Å²) in [5.41, 5.74) is 0. The summed E-state index contributed by atoms with van der Waals surface area (Å²) in [4.78, 5) is 16.5. The maximum absolute atomic E-state index is 12.0. The number of carbonyl (C=O) groups excluding carboxylic acids is 1. The van der Waals surface area contributed by atoms with Crippen molar-refractivity contribution in [3.8, 4) is 11.8 Å². The van der Waals surface area contributed by atoms with Crippen LogP contribution in [0.15, 0.2) is 0 Å². The molecule has 2 aliphatic heterocycles. The predicted molar refractivity (Wildman–Crippen MR) is 78.3 cm³/mol. The quantitative estimate of drug-likeness (QED) is 0.726. The van der Waals surface area contributed by atoms with E-state index in [-0.39, 0.29) is 11.8 Å². The smallest absolute Gasteiger partial charge is 0.225 e. The summed E-state index contributed by atoms with van der Waals surface area (Å²) in [6, 6.07) is 0. The molecule has 1 atom stereocenters. The fourth-order valence-electron chi connectivity index (χ4n) is 2.65. The lowest BCUT2D eigenvalue weighted by Gasteiger charge is -2.28. The van der Waals surface area contributed by atoms with Crippen molar-refractivity contribution in [1.82, 2.24) is 15.1 Å². The maximum Gasteiger partial charge on any atom is 0.225 e. The van der Waals surface area contributed by atoms with Crippen molar-refractivity contribution in [2.45, 2.75) is 12.8 Å². The minimum Gasteiger partial charge on any atom is -0.379 e. The van der Waals surface area contributed by atoms with Crippen LogP contribution in [0.5, 0.6) is 0 Å². The first-order valence-electron chi connectivity index (χ1n) is 7.48. The van der Waals surface area contributed by atoms with Gasteiger partial charge in [-0.1, -0.05) is 11.8 Å². The molecule has 0 unspecified atom stereocenters. The molecule has 2 fully saturated rings. The summed E-state index contributed by atoms with van der Waals surface area (Å²) in [6.45, 7) is 6.71. The number of nitrogens with zero attached hydrogens (tertiary/aromatic N) is 2. The van der Waals surface area contributed by atoms with Gasteiger partial charge in [0.15, 0.2) is 0 Å². The maximum atomic E-state index is 12.0. The Morgan fingerprint density at radius 2 is 2.10 bits per heavy atom.